The number of thioether (sulfide) groups is 1. The number of nitrogens with one attached hydrogen (secondary N) is 2. The zero-order chi connectivity index (χ0) is 35.6. The number of benzene rings is 2. The van der Waals surface area contributed by atoms with Gasteiger partial charge >= 0.3 is 12.1 Å². The molecule has 10 heteroatoms. The van der Waals surface area contributed by atoms with E-state index in [1.165, 1.54) is 0 Å². The SMILES string of the molecule is CCC(C)(C)N(C(=O)C(CCSC)NC(=O)OC(C)(C)C)C(C(=O)NC(Cc1ccccc1)C(=O)OC(C)(C)C)c1cccc(C)c1. The summed E-state index contributed by atoms with van der Waals surface area (Å²) in [5.41, 5.74) is -0.0509. The summed E-state index contributed by atoms with van der Waals surface area (Å²) in [5.74, 6) is -0.936. The molecule has 0 aliphatic rings. The Morgan fingerprint density at radius 1 is 0.830 bits per heavy atom. The number of rotatable bonds is 14. The third kappa shape index (κ3) is 12.9. The summed E-state index contributed by atoms with van der Waals surface area (Å²) in [5, 5.41) is 5.76. The van der Waals surface area contributed by atoms with Crippen LogP contribution in [-0.2, 0) is 30.3 Å². The summed E-state index contributed by atoms with van der Waals surface area (Å²) >= 11 is 1.55. The topological polar surface area (TPSA) is 114 Å². The Bertz CT molecular complexity index is 1350. The minimum absolute atomic E-state index is 0.198. The summed E-state index contributed by atoms with van der Waals surface area (Å²) in [7, 11) is 0. The number of carbonyl (C=O) groups excluding carboxylic acids is 4. The van der Waals surface area contributed by atoms with Crippen LogP contribution in [0.4, 0.5) is 4.79 Å². The summed E-state index contributed by atoms with van der Waals surface area (Å²) in [6.07, 6.45) is 2.25. The van der Waals surface area contributed by atoms with E-state index >= 15 is 0 Å². The Morgan fingerprint density at radius 2 is 1.45 bits per heavy atom. The lowest BCUT2D eigenvalue weighted by molar-refractivity contribution is -0.159. The van der Waals surface area contributed by atoms with Crippen molar-refractivity contribution in [3.8, 4) is 0 Å². The fourth-order valence-electron chi connectivity index (χ4n) is 4.98. The van der Waals surface area contributed by atoms with Gasteiger partial charge in [-0.3, -0.25) is 9.59 Å². The molecule has 2 aromatic carbocycles. The predicted octanol–water partition coefficient (Wildman–Crippen LogP) is 6.77. The summed E-state index contributed by atoms with van der Waals surface area (Å²) < 4.78 is 11.3. The molecule has 260 valence electrons. The van der Waals surface area contributed by atoms with E-state index in [0.717, 1.165) is 11.1 Å². The molecule has 0 aliphatic heterocycles. The third-order valence-corrected chi connectivity index (χ3v) is 8.15. The predicted molar refractivity (Wildman–Crippen MR) is 189 cm³/mol. The highest BCUT2D eigenvalue weighted by Gasteiger charge is 2.44. The Hall–Kier alpha value is -3.53. The second-order valence-electron chi connectivity index (χ2n) is 14.5. The minimum Gasteiger partial charge on any atom is -0.458 e. The lowest BCUT2D eigenvalue weighted by Gasteiger charge is -2.45. The zero-order valence-electron chi connectivity index (χ0n) is 30.1. The van der Waals surface area contributed by atoms with Gasteiger partial charge in [-0.25, -0.2) is 9.59 Å². The molecule has 0 radical (unpaired) electrons. The smallest absolute Gasteiger partial charge is 0.408 e. The Kier molecular flexibility index (Phi) is 14.4. The number of nitrogens with zero attached hydrogens (tertiary/aromatic N) is 1. The summed E-state index contributed by atoms with van der Waals surface area (Å²) in [6.45, 7) is 18.3. The molecule has 0 spiro atoms. The van der Waals surface area contributed by atoms with Crippen molar-refractivity contribution in [3.63, 3.8) is 0 Å². The molecule has 2 rings (SSSR count). The molecule has 3 unspecified atom stereocenters. The molecule has 0 saturated heterocycles. The summed E-state index contributed by atoms with van der Waals surface area (Å²) in [4.78, 5) is 57.5. The standard InChI is InChI=1S/C37H55N3O6S/c1-12-37(9,10)40(32(42)28(21-22-47-11)39-34(44)46-36(6,7)8)30(27-20-16-17-25(2)23-27)31(41)38-29(33(43)45-35(3,4)5)24-26-18-14-13-15-19-26/h13-20,23,28-30H,12,21-22,24H2,1-11H3,(H,38,41)(H,39,44). The highest BCUT2D eigenvalue weighted by Crippen LogP contribution is 2.33. The Balaban J connectivity index is 2.69. The van der Waals surface area contributed by atoms with E-state index < -0.39 is 58.7 Å². The van der Waals surface area contributed by atoms with E-state index in [2.05, 4.69) is 10.6 Å². The molecular weight excluding hydrogens is 614 g/mol. The molecule has 2 N–H and O–H groups in total. The van der Waals surface area contributed by atoms with Crippen LogP contribution in [0.2, 0.25) is 0 Å². The van der Waals surface area contributed by atoms with E-state index in [1.54, 1.807) is 64.3 Å². The lowest BCUT2D eigenvalue weighted by Crippen LogP contribution is -2.60. The van der Waals surface area contributed by atoms with Gasteiger partial charge in [-0.1, -0.05) is 67.1 Å². The van der Waals surface area contributed by atoms with Crippen LogP contribution in [0.3, 0.4) is 0 Å². The Morgan fingerprint density at radius 3 is 1.98 bits per heavy atom. The number of ether oxygens (including phenoxy) is 2. The lowest BCUT2D eigenvalue weighted by atomic mass is 9.91. The van der Waals surface area contributed by atoms with Crippen LogP contribution in [0.15, 0.2) is 54.6 Å². The Labute approximate surface area is 285 Å². The molecule has 47 heavy (non-hydrogen) atoms. The molecular formula is C37H55N3O6S. The zero-order valence-corrected chi connectivity index (χ0v) is 30.9. The highest BCUT2D eigenvalue weighted by atomic mass is 32.2. The van der Waals surface area contributed by atoms with Crippen LogP contribution in [0.1, 0.15) is 97.9 Å². The van der Waals surface area contributed by atoms with Gasteiger partial charge in [-0.15, -0.1) is 0 Å². The molecule has 9 nitrogen and oxygen atoms in total. The van der Waals surface area contributed by atoms with Crippen molar-refractivity contribution < 1.29 is 28.7 Å². The number of aryl methyl sites for hydroxylation is 1. The first kappa shape index (κ1) is 39.6. The van der Waals surface area contributed by atoms with Crippen molar-refractivity contribution >= 4 is 35.6 Å². The van der Waals surface area contributed by atoms with Crippen LogP contribution >= 0.6 is 11.8 Å². The second kappa shape index (κ2) is 17.0. The van der Waals surface area contributed by atoms with Gasteiger partial charge in [0.2, 0.25) is 11.8 Å². The molecule has 0 fully saturated rings. The number of hydrogen-bond acceptors (Lipinski definition) is 7. The van der Waals surface area contributed by atoms with Gasteiger partial charge in [0.15, 0.2) is 0 Å². The van der Waals surface area contributed by atoms with Gasteiger partial charge in [0.05, 0.1) is 0 Å². The van der Waals surface area contributed by atoms with E-state index in [4.69, 9.17) is 9.47 Å². The highest BCUT2D eigenvalue weighted by molar-refractivity contribution is 7.98. The number of amides is 3. The van der Waals surface area contributed by atoms with Gasteiger partial charge in [-0.2, -0.15) is 11.8 Å². The molecule has 0 heterocycles. The average molecular weight is 670 g/mol. The molecule has 2 aromatic rings. The van der Waals surface area contributed by atoms with Crippen LogP contribution < -0.4 is 10.6 Å². The van der Waals surface area contributed by atoms with Crippen LogP contribution in [-0.4, -0.2) is 69.6 Å². The number of hydrogen-bond donors (Lipinski definition) is 2. The van der Waals surface area contributed by atoms with Crippen molar-refractivity contribution in [1.29, 1.82) is 0 Å². The first-order chi connectivity index (χ1) is 21.8. The van der Waals surface area contributed by atoms with Crippen molar-refractivity contribution in [1.82, 2.24) is 15.5 Å². The molecule has 0 aliphatic carbocycles. The van der Waals surface area contributed by atoms with Crippen LogP contribution in [0.5, 0.6) is 0 Å². The first-order valence-electron chi connectivity index (χ1n) is 16.2. The largest absolute Gasteiger partial charge is 0.458 e. The van der Waals surface area contributed by atoms with E-state index in [0.29, 0.717) is 24.2 Å². The van der Waals surface area contributed by atoms with Crippen molar-refractivity contribution in [2.45, 2.75) is 123 Å². The third-order valence-electron chi connectivity index (χ3n) is 7.51. The quantitative estimate of drug-likeness (QED) is 0.214. The van der Waals surface area contributed by atoms with Crippen molar-refractivity contribution in [2.75, 3.05) is 12.0 Å². The van der Waals surface area contributed by atoms with Gasteiger partial charge in [0.25, 0.3) is 0 Å². The maximum atomic E-state index is 14.7. The molecule has 3 amide bonds. The molecule has 0 aromatic heterocycles. The number of carbonyl (C=O) groups is 4. The number of esters is 1. The average Bonchev–Trinajstić information content (AvgIpc) is 2.95. The number of alkyl carbamates (subject to hydrolysis) is 1. The fourth-order valence-corrected chi connectivity index (χ4v) is 5.45. The van der Waals surface area contributed by atoms with Gasteiger partial charge in [0, 0.05) is 12.0 Å². The molecule has 0 bridgehead atoms. The van der Waals surface area contributed by atoms with Gasteiger partial charge in [-0.05, 0) is 98.3 Å². The normalized spacial score (nSPS) is 13.9. The minimum atomic E-state index is -1.13. The first-order valence-corrected chi connectivity index (χ1v) is 17.6. The monoisotopic (exact) mass is 669 g/mol. The fraction of sp³-hybridized carbons (Fsp3) is 0.568. The van der Waals surface area contributed by atoms with Crippen LogP contribution in [0.25, 0.3) is 0 Å². The molecule has 3 atom stereocenters. The molecule has 0 saturated carbocycles. The summed E-state index contributed by atoms with van der Waals surface area (Å²) in [6, 6.07) is 13.7. The van der Waals surface area contributed by atoms with E-state index in [9.17, 15) is 19.2 Å². The van der Waals surface area contributed by atoms with E-state index in [1.807, 2.05) is 82.5 Å². The maximum Gasteiger partial charge on any atom is 0.408 e. The van der Waals surface area contributed by atoms with Gasteiger partial charge in [0.1, 0.15) is 29.3 Å². The van der Waals surface area contributed by atoms with Gasteiger partial charge < -0.3 is 25.0 Å². The second-order valence-corrected chi connectivity index (χ2v) is 15.4. The maximum absolute atomic E-state index is 14.7. The van der Waals surface area contributed by atoms with Crippen LogP contribution in [0, 0.1) is 6.92 Å². The van der Waals surface area contributed by atoms with E-state index in [-0.39, 0.29) is 6.42 Å². The van der Waals surface area contributed by atoms with Crippen molar-refractivity contribution in [2.24, 2.45) is 0 Å². The van der Waals surface area contributed by atoms with Crippen molar-refractivity contribution in [3.05, 3.63) is 71.3 Å².